The Morgan fingerprint density at radius 3 is 2.69 bits per heavy atom. The van der Waals surface area contributed by atoms with E-state index in [0.29, 0.717) is 35.6 Å². The lowest BCUT2D eigenvalue weighted by Gasteiger charge is -2.14. The van der Waals surface area contributed by atoms with Crippen LogP contribution in [0.2, 0.25) is 0 Å². The quantitative estimate of drug-likeness (QED) is 0.530. The molecule has 0 fully saturated rings. The topological polar surface area (TPSA) is 107 Å². The first-order chi connectivity index (χ1) is 15.5. The summed E-state index contributed by atoms with van der Waals surface area (Å²) in [7, 11) is 0. The van der Waals surface area contributed by atoms with Crippen LogP contribution in [-0.4, -0.2) is 45.3 Å². The Morgan fingerprint density at radius 2 is 1.91 bits per heavy atom. The number of urea groups is 1. The second-order valence-corrected chi connectivity index (χ2v) is 8.36. The van der Waals surface area contributed by atoms with Gasteiger partial charge in [-0.05, 0) is 31.5 Å². The van der Waals surface area contributed by atoms with Crippen molar-refractivity contribution in [2.24, 2.45) is 0 Å². The molecule has 166 valence electrons. The smallest absolute Gasteiger partial charge is 0.321 e. The molecule has 0 saturated carbocycles. The van der Waals surface area contributed by atoms with Gasteiger partial charge < -0.3 is 14.8 Å². The third-order valence-electron chi connectivity index (χ3n) is 4.75. The molecule has 10 heteroatoms. The Morgan fingerprint density at radius 1 is 1.12 bits per heavy atom. The molecule has 3 aromatic rings. The van der Waals surface area contributed by atoms with Gasteiger partial charge in [-0.25, -0.2) is 4.79 Å². The van der Waals surface area contributed by atoms with Gasteiger partial charge in [-0.3, -0.25) is 14.7 Å². The number of nitrogens with zero attached hydrogens (tertiary/aromatic N) is 3. The number of thioether (sulfide) groups is 1. The van der Waals surface area contributed by atoms with Crippen molar-refractivity contribution in [3.8, 4) is 22.9 Å². The number of carbonyl (C=O) groups excluding carboxylic acids is 2. The van der Waals surface area contributed by atoms with Crippen molar-refractivity contribution in [3.05, 3.63) is 54.1 Å². The van der Waals surface area contributed by atoms with Gasteiger partial charge in [0.05, 0.1) is 11.8 Å². The van der Waals surface area contributed by atoms with E-state index in [1.807, 2.05) is 53.1 Å². The minimum absolute atomic E-state index is 0.208. The van der Waals surface area contributed by atoms with Gasteiger partial charge in [0.15, 0.2) is 22.5 Å². The average Bonchev–Trinajstić information content (AvgIpc) is 3.41. The van der Waals surface area contributed by atoms with Gasteiger partial charge >= 0.3 is 6.03 Å². The number of rotatable bonds is 7. The van der Waals surface area contributed by atoms with Crippen molar-refractivity contribution in [1.29, 1.82) is 0 Å². The second kappa shape index (κ2) is 9.73. The fourth-order valence-corrected chi connectivity index (χ4v) is 4.02. The SMILES string of the molecule is CCNC(=O)NC(=O)[C@H](C)Sc1nnc(-c2ccccc2)n1Cc1ccc2c(c1)OCO2. The van der Waals surface area contributed by atoms with E-state index < -0.39 is 17.2 Å². The molecule has 1 aliphatic heterocycles. The summed E-state index contributed by atoms with van der Waals surface area (Å²) in [5.74, 6) is 1.69. The minimum Gasteiger partial charge on any atom is -0.454 e. The fourth-order valence-electron chi connectivity index (χ4n) is 3.17. The molecule has 9 nitrogen and oxygen atoms in total. The number of hydrogen-bond donors (Lipinski definition) is 2. The first-order valence-electron chi connectivity index (χ1n) is 10.2. The minimum atomic E-state index is -0.555. The number of ether oxygens (including phenoxy) is 2. The van der Waals surface area contributed by atoms with Crippen molar-refractivity contribution in [2.75, 3.05) is 13.3 Å². The summed E-state index contributed by atoms with van der Waals surface area (Å²) in [6, 6.07) is 15.0. The van der Waals surface area contributed by atoms with Crippen LogP contribution in [0.4, 0.5) is 4.79 Å². The van der Waals surface area contributed by atoms with Crippen LogP contribution >= 0.6 is 11.8 Å². The lowest BCUT2D eigenvalue weighted by atomic mass is 10.2. The Kier molecular flexibility index (Phi) is 6.60. The number of amides is 3. The summed E-state index contributed by atoms with van der Waals surface area (Å²) in [6.07, 6.45) is 0. The Labute approximate surface area is 189 Å². The average molecular weight is 454 g/mol. The summed E-state index contributed by atoms with van der Waals surface area (Å²) < 4.78 is 12.8. The molecule has 0 aliphatic carbocycles. The second-order valence-electron chi connectivity index (χ2n) is 7.05. The van der Waals surface area contributed by atoms with Crippen LogP contribution in [0.15, 0.2) is 53.7 Å². The van der Waals surface area contributed by atoms with E-state index in [0.717, 1.165) is 11.1 Å². The van der Waals surface area contributed by atoms with Crippen molar-refractivity contribution in [1.82, 2.24) is 25.4 Å². The maximum Gasteiger partial charge on any atom is 0.321 e. The normalized spacial score (nSPS) is 12.9. The number of hydrogen-bond acceptors (Lipinski definition) is 7. The number of aromatic nitrogens is 3. The number of nitrogens with one attached hydrogen (secondary N) is 2. The zero-order chi connectivity index (χ0) is 22.5. The first-order valence-corrected chi connectivity index (χ1v) is 11.1. The molecule has 2 N–H and O–H groups in total. The molecule has 1 aliphatic rings. The van der Waals surface area contributed by atoms with Gasteiger partial charge in [-0.1, -0.05) is 48.2 Å². The maximum absolute atomic E-state index is 12.4. The molecular weight excluding hydrogens is 430 g/mol. The third-order valence-corrected chi connectivity index (χ3v) is 5.83. The Balaban J connectivity index is 1.60. The van der Waals surface area contributed by atoms with Gasteiger partial charge in [-0.2, -0.15) is 0 Å². The molecule has 2 aromatic carbocycles. The monoisotopic (exact) mass is 453 g/mol. The van der Waals surface area contributed by atoms with Gasteiger partial charge in [0.1, 0.15) is 0 Å². The van der Waals surface area contributed by atoms with Gasteiger partial charge in [0.2, 0.25) is 12.7 Å². The lowest BCUT2D eigenvalue weighted by molar-refractivity contribution is -0.119. The molecule has 32 heavy (non-hydrogen) atoms. The molecule has 0 unspecified atom stereocenters. The van der Waals surface area contributed by atoms with Crippen LogP contribution in [0.25, 0.3) is 11.4 Å². The molecule has 0 radical (unpaired) electrons. The van der Waals surface area contributed by atoms with Crippen LogP contribution in [-0.2, 0) is 11.3 Å². The highest BCUT2D eigenvalue weighted by Crippen LogP contribution is 2.34. The van der Waals surface area contributed by atoms with Crippen molar-refractivity contribution < 1.29 is 19.1 Å². The summed E-state index contributed by atoms with van der Waals surface area (Å²) in [5.41, 5.74) is 1.89. The zero-order valence-corrected chi connectivity index (χ0v) is 18.5. The molecule has 3 amide bonds. The zero-order valence-electron chi connectivity index (χ0n) is 17.7. The van der Waals surface area contributed by atoms with E-state index in [1.54, 1.807) is 13.8 Å². The number of carbonyl (C=O) groups is 2. The van der Waals surface area contributed by atoms with Crippen LogP contribution in [0, 0.1) is 0 Å². The van der Waals surface area contributed by atoms with Gasteiger partial charge in [0, 0.05) is 12.1 Å². The summed E-state index contributed by atoms with van der Waals surface area (Å²) in [6.45, 7) is 4.62. The van der Waals surface area contributed by atoms with Crippen molar-refractivity contribution in [3.63, 3.8) is 0 Å². The third kappa shape index (κ3) is 4.86. The molecule has 0 bridgehead atoms. The van der Waals surface area contributed by atoms with Crippen LogP contribution in [0.1, 0.15) is 19.4 Å². The predicted molar refractivity (Wildman–Crippen MR) is 120 cm³/mol. The molecule has 1 atom stereocenters. The first kappa shape index (κ1) is 21.7. The highest BCUT2D eigenvalue weighted by molar-refractivity contribution is 8.00. The van der Waals surface area contributed by atoms with E-state index in [4.69, 9.17) is 9.47 Å². The van der Waals surface area contributed by atoms with Crippen LogP contribution in [0.3, 0.4) is 0 Å². The lowest BCUT2D eigenvalue weighted by Crippen LogP contribution is -2.42. The summed E-state index contributed by atoms with van der Waals surface area (Å²) >= 11 is 1.24. The molecule has 0 saturated heterocycles. The highest BCUT2D eigenvalue weighted by atomic mass is 32.2. The molecule has 4 rings (SSSR count). The molecular formula is C22H23N5O4S. The van der Waals surface area contributed by atoms with E-state index in [-0.39, 0.29) is 6.79 Å². The van der Waals surface area contributed by atoms with E-state index in [1.165, 1.54) is 11.8 Å². The Hall–Kier alpha value is -3.53. The van der Waals surface area contributed by atoms with E-state index >= 15 is 0 Å². The van der Waals surface area contributed by atoms with E-state index in [9.17, 15) is 9.59 Å². The van der Waals surface area contributed by atoms with Crippen molar-refractivity contribution >= 4 is 23.7 Å². The van der Waals surface area contributed by atoms with Gasteiger partial charge in [-0.15, -0.1) is 10.2 Å². The Bertz CT molecular complexity index is 1120. The summed E-state index contributed by atoms with van der Waals surface area (Å²) in [4.78, 5) is 24.1. The maximum atomic E-state index is 12.4. The fraction of sp³-hybridized carbons (Fsp3) is 0.273. The van der Waals surface area contributed by atoms with Crippen LogP contribution in [0.5, 0.6) is 11.5 Å². The summed E-state index contributed by atoms with van der Waals surface area (Å²) in [5, 5.41) is 13.6. The van der Waals surface area contributed by atoms with Crippen molar-refractivity contribution in [2.45, 2.75) is 30.8 Å². The predicted octanol–water partition coefficient (Wildman–Crippen LogP) is 3.05. The molecule has 1 aromatic heterocycles. The molecule has 0 spiro atoms. The van der Waals surface area contributed by atoms with Crippen LogP contribution < -0.4 is 20.1 Å². The molecule has 2 heterocycles. The van der Waals surface area contributed by atoms with Gasteiger partial charge in [0.25, 0.3) is 0 Å². The number of imide groups is 1. The van der Waals surface area contributed by atoms with E-state index in [2.05, 4.69) is 20.8 Å². The largest absolute Gasteiger partial charge is 0.454 e. The standard InChI is InChI=1S/C22H23N5O4S/c1-3-23-21(29)24-20(28)14(2)32-22-26-25-19(16-7-5-4-6-8-16)27(22)12-15-9-10-17-18(11-15)31-13-30-17/h4-11,14H,3,12-13H2,1-2H3,(H2,23,24,28,29)/t14-/m0/s1. The number of benzene rings is 2. The highest BCUT2D eigenvalue weighted by Gasteiger charge is 2.23. The number of fused-ring (bicyclic) bond motifs is 1.